The molecule has 2 heterocycles. The number of likely N-dealkylation sites (N-methyl/N-ethyl adjacent to an activating group) is 1. The van der Waals surface area contributed by atoms with E-state index < -0.39 is 17.2 Å². The normalized spacial score (nSPS) is 19.4. The first-order valence-electron chi connectivity index (χ1n) is 9.63. The summed E-state index contributed by atoms with van der Waals surface area (Å²) in [5, 5.41) is 12.8. The molecule has 4 rings (SSSR count). The highest BCUT2D eigenvalue weighted by atomic mass is 19.1. The Morgan fingerprint density at radius 3 is 2.75 bits per heavy atom. The van der Waals surface area contributed by atoms with E-state index in [2.05, 4.69) is 5.32 Å². The van der Waals surface area contributed by atoms with Crippen molar-refractivity contribution in [2.75, 3.05) is 31.6 Å². The molecule has 150 valence electrons. The second kappa shape index (κ2) is 7.09. The number of halogens is 1. The third kappa shape index (κ3) is 3.01. The third-order valence-electron chi connectivity index (χ3n) is 5.57. The van der Waals surface area contributed by atoms with Gasteiger partial charge in [-0.15, -0.1) is 0 Å². The lowest BCUT2D eigenvalue weighted by atomic mass is 10.1. The van der Waals surface area contributed by atoms with Crippen LogP contribution in [0.25, 0.3) is 10.9 Å². The van der Waals surface area contributed by atoms with Crippen LogP contribution in [0.1, 0.15) is 42.6 Å². The van der Waals surface area contributed by atoms with Gasteiger partial charge in [-0.3, -0.25) is 4.79 Å². The van der Waals surface area contributed by atoms with Gasteiger partial charge in [-0.05, 0) is 31.9 Å². The summed E-state index contributed by atoms with van der Waals surface area (Å²) in [4.78, 5) is 26.2. The molecular weight excluding hydrogens is 365 g/mol. The number of anilines is 1. The van der Waals surface area contributed by atoms with Gasteiger partial charge in [0.15, 0.2) is 11.6 Å². The molecule has 2 fully saturated rings. The Kier molecular flexibility index (Phi) is 4.74. The number of ether oxygens (including phenoxy) is 1. The topological polar surface area (TPSA) is 83.8 Å². The first-order valence-corrected chi connectivity index (χ1v) is 9.63. The summed E-state index contributed by atoms with van der Waals surface area (Å²) < 4.78 is 22.5. The van der Waals surface area contributed by atoms with E-state index in [1.165, 1.54) is 19.4 Å². The highest BCUT2D eigenvalue weighted by Gasteiger charge is 2.33. The van der Waals surface area contributed by atoms with Gasteiger partial charge in [-0.1, -0.05) is 6.92 Å². The lowest BCUT2D eigenvalue weighted by Crippen LogP contribution is -2.32. The summed E-state index contributed by atoms with van der Waals surface area (Å²) in [5.74, 6) is -1.57. The van der Waals surface area contributed by atoms with Crippen molar-refractivity contribution in [2.45, 2.75) is 38.3 Å². The van der Waals surface area contributed by atoms with Crippen molar-refractivity contribution in [2.24, 2.45) is 0 Å². The number of carboxylic acids is 1. The number of hydrogen-bond acceptors (Lipinski definition) is 5. The summed E-state index contributed by atoms with van der Waals surface area (Å²) in [6.07, 6.45) is 4.04. The predicted molar refractivity (Wildman–Crippen MR) is 104 cm³/mol. The molecule has 0 bridgehead atoms. The average Bonchev–Trinajstić information content (AvgIpc) is 3.40. The first kappa shape index (κ1) is 18.7. The summed E-state index contributed by atoms with van der Waals surface area (Å²) in [6.45, 7) is 4.20. The van der Waals surface area contributed by atoms with E-state index in [9.17, 15) is 14.7 Å². The van der Waals surface area contributed by atoms with Crippen molar-refractivity contribution in [3.8, 4) is 5.75 Å². The molecular formula is C20H24FN3O4. The number of pyridine rings is 1. The Hall–Kier alpha value is -2.61. The van der Waals surface area contributed by atoms with E-state index in [0.717, 1.165) is 25.8 Å². The molecule has 1 aliphatic heterocycles. The molecule has 0 radical (unpaired) electrons. The quantitative estimate of drug-likeness (QED) is 0.789. The highest BCUT2D eigenvalue weighted by Crippen LogP contribution is 2.44. The summed E-state index contributed by atoms with van der Waals surface area (Å²) in [5.41, 5.74) is -0.215. The summed E-state index contributed by atoms with van der Waals surface area (Å²) in [7, 11) is 1.46. The number of hydrogen-bond donors (Lipinski definition) is 2. The fourth-order valence-electron chi connectivity index (χ4n) is 4.14. The van der Waals surface area contributed by atoms with Crippen molar-refractivity contribution < 1.29 is 19.0 Å². The molecule has 1 aromatic heterocycles. The average molecular weight is 389 g/mol. The molecule has 1 unspecified atom stereocenters. The van der Waals surface area contributed by atoms with Crippen LogP contribution in [0.15, 0.2) is 17.1 Å². The molecule has 2 N–H and O–H groups in total. The zero-order valence-corrected chi connectivity index (χ0v) is 16.0. The van der Waals surface area contributed by atoms with Crippen molar-refractivity contribution in [1.82, 2.24) is 9.88 Å². The second-order valence-corrected chi connectivity index (χ2v) is 7.44. The van der Waals surface area contributed by atoms with Crippen LogP contribution in [0.4, 0.5) is 10.1 Å². The molecule has 7 nitrogen and oxygen atoms in total. The molecule has 0 spiro atoms. The van der Waals surface area contributed by atoms with Crippen LogP contribution in [0.3, 0.4) is 0 Å². The van der Waals surface area contributed by atoms with E-state index in [4.69, 9.17) is 4.74 Å². The van der Waals surface area contributed by atoms with Crippen molar-refractivity contribution >= 4 is 22.6 Å². The fourth-order valence-corrected chi connectivity index (χ4v) is 4.14. The summed E-state index contributed by atoms with van der Waals surface area (Å²) in [6, 6.07) is 1.54. The number of nitrogens with zero attached hydrogens (tertiary/aromatic N) is 2. The number of rotatable bonds is 6. The van der Waals surface area contributed by atoms with Crippen molar-refractivity contribution in [3.63, 3.8) is 0 Å². The number of benzene rings is 1. The van der Waals surface area contributed by atoms with Gasteiger partial charge in [0.05, 0.1) is 18.0 Å². The highest BCUT2D eigenvalue weighted by molar-refractivity contribution is 5.97. The van der Waals surface area contributed by atoms with Gasteiger partial charge in [0.2, 0.25) is 5.43 Å². The molecule has 1 saturated heterocycles. The molecule has 2 aromatic rings. The molecule has 1 aliphatic carbocycles. The number of carboxylic acid groups (broad SMARTS) is 1. The zero-order chi connectivity index (χ0) is 20.0. The van der Waals surface area contributed by atoms with E-state index in [1.807, 2.05) is 11.8 Å². The van der Waals surface area contributed by atoms with Gasteiger partial charge in [0.1, 0.15) is 11.3 Å². The Morgan fingerprint density at radius 1 is 1.39 bits per heavy atom. The van der Waals surface area contributed by atoms with Crippen molar-refractivity contribution in [3.05, 3.63) is 33.9 Å². The Balaban J connectivity index is 1.95. The minimum Gasteiger partial charge on any atom is -0.492 e. The lowest BCUT2D eigenvalue weighted by molar-refractivity contribution is 0.0695. The van der Waals surface area contributed by atoms with E-state index in [-0.39, 0.29) is 23.0 Å². The van der Waals surface area contributed by atoms with Gasteiger partial charge in [-0.2, -0.15) is 0 Å². The monoisotopic (exact) mass is 389 g/mol. The van der Waals surface area contributed by atoms with Crippen LogP contribution in [-0.2, 0) is 0 Å². The van der Waals surface area contributed by atoms with E-state index in [1.54, 1.807) is 4.57 Å². The predicted octanol–water partition coefficient (Wildman–Crippen LogP) is 2.37. The van der Waals surface area contributed by atoms with E-state index >= 15 is 4.39 Å². The number of methoxy groups -OCH3 is 1. The van der Waals surface area contributed by atoms with Crippen molar-refractivity contribution in [1.29, 1.82) is 0 Å². The van der Waals surface area contributed by atoms with Gasteiger partial charge >= 0.3 is 5.97 Å². The molecule has 0 amide bonds. The molecule has 8 heteroatoms. The zero-order valence-electron chi connectivity index (χ0n) is 16.0. The number of aromatic carboxylic acids is 1. The molecule has 2 aliphatic rings. The summed E-state index contributed by atoms with van der Waals surface area (Å²) >= 11 is 0. The van der Waals surface area contributed by atoms with Crippen LogP contribution in [-0.4, -0.2) is 48.4 Å². The standard InChI is InChI=1S/C20H24FN3O4/c1-3-22-11-6-7-23(9-11)17-15(21)8-13-16(19(17)28-2)24(12-4-5-12)10-14(18(13)25)20(26)27/h8,10-12,22H,3-7,9H2,1-2H3,(H,26,27). The largest absolute Gasteiger partial charge is 0.492 e. The first-order chi connectivity index (χ1) is 13.5. The maximum atomic E-state index is 15.2. The van der Waals surface area contributed by atoms with E-state index in [0.29, 0.717) is 30.0 Å². The molecule has 1 saturated carbocycles. The lowest BCUT2D eigenvalue weighted by Gasteiger charge is -2.25. The van der Waals surface area contributed by atoms with Crippen LogP contribution < -0.4 is 20.4 Å². The number of aromatic nitrogens is 1. The maximum Gasteiger partial charge on any atom is 0.341 e. The molecule has 28 heavy (non-hydrogen) atoms. The van der Waals surface area contributed by atoms with Gasteiger partial charge < -0.3 is 24.6 Å². The smallest absolute Gasteiger partial charge is 0.341 e. The van der Waals surface area contributed by atoms with Crippen LogP contribution in [0.5, 0.6) is 5.75 Å². The SMILES string of the molecule is CCNC1CCN(c2c(F)cc3c(=O)c(C(=O)O)cn(C4CC4)c3c2OC)C1. The maximum absolute atomic E-state index is 15.2. The van der Waals surface area contributed by atoms with Gasteiger partial charge in [0.25, 0.3) is 0 Å². The Bertz CT molecular complexity index is 999. The van der Waals surface area contributed by atoms with Gasteiger partial charge in [-0.25, -0.2) is 9.18 Å². The van der Waals surface area contributed by atoms with Crippen LogP contribution in [0, 0.1) is 5.82 Å². The second-order valence-electron chi connectivity index (χ2n) is 7.44. The van der Waals surface area contributed by atoms with Crippen LogP contribution >= 0.6 is 0 Å². The molecule has 1 atom stereocenters. The Morgan fingerprint density at radius 2 is 2.14 bits per heavy atom. The third-order valence-corrected chi connectivity index (χ3v) is 5.57. The number of fused-ring (bicyclic) bond motifs is 1. The molecule has 1 aromatic carbocycles. The fraction of sp³-hybridized carbons (Fsp3) is 0.500. The van der Waals surface area contributed by atoms with Gasteiger partial charge in [0, 0.05) is 31.4 Å². The number of nitrogens with one attached hydrogen (secondary N) is 1. The van der Waals surface area contributed by atoms with Crippen LogP contribution in [0.2, 0.25) is 0 Å². The minimum absolute atomic E-state index is 0.0485. The minimum atomic E-state index is -1.31. The number of carbonyl (C=O) groups is 1. The Labute approximate surface area is 161 Å².